The van der Waals surface area contributed by atoms with Crippen LogP contribution in [-0.4, -0.2) is 29.4 Å². The summed E-state index contributed by atoms with van der Waals surface area (Å²) in [4.78, 5) is 16.4. The van der Waals surface area contributed by atoms with Gasteiger partial charge in [-0.2, -0.15) is 0 Å². The zero-order chi connectivity index (χ0) is 21.5. The van der Waals surface area contributed by atoms with Gasteiger partial charge in [0, 0.05) is 6.08 Å². The molecule has 0 atom stereocenters. The molecule has 3 rings (SSSR count). The van der Waals surface area contributed by atoms with Gasteiger partial charge in [0.2, 0.25) is 5.91 Å². The van der Waals surface area contributed by atoms with Crippen molar-refractivity contribution in [3.8, 4) is 11.5 Å². The lowest BCUT2D eigenvalue weighted by Gasteiger charge is -2.11. The summed E-state index contributed by atoms with van der Waals surface area (Å²) in [6.45, 7) is 4.05. The molecular weight excluding hydrogens is 402 g/mol. The van der Waals surface area contributed by atoms with Gasteiger partial charge in [-0.05, 0) is 56.0 Å². The smallest absolute Gasteiger partial charge is 0.248 e. The number of anilines is 1. The van der Waals surface area contributed by atoms with Crippen molar-refractivity contribution >= 4 is 29.4 Å². The quantitative estimate of drug-likeness (QED) is 0.415. The Bertz CT molecular complexity index is 1030. The number of rotatable bonds is 8. The first kappa shape index (κ1) is 21.4. The highest BCUT2D eigenvalue weighted by molar-refractivity contribution is 7.98. The molecule has 156 valence electrons. The molecule has 0 saturated carbocycles. The molecule has 1 N–H and O–H groups in total. The minimum absolute atomic E-state index is 0.244. The van der Waals surface area contributed by atoms with Gasteiger partial charge in [-0.25, -0.2) is 4.98 Å². The second-order valence-corrected chi connectivity index (χ2v) is 7.24. The number of pyridine rings is 1. The van der Waals surface area contributed by atoms with Crippen molar-refractivity contribution in [3.05, 3.63) is 65.2 Å². The molecule has 0 spiro atoms. The van der Waals surface area contributed by atoms with E-state index in [-0.39, 0.29) is 5.91 Å². The third-order valence-electron chi connectivity index (χ3n) is 4.38. The molecule has 2 aromatic heterocycles. The minimum atomic E-state index is -0.244. The molecule has 0 aliphatic heterocycles. The standard InChI is InChI=1S/C22H23N3O4S/c1-14-18(15(2)29-25-14)13-28-19-8-5-16(11-20(19)27-3)6-9-21(26)24-17-7-10-22(30-4)23-12-17/h5-12H,13H2,1-4H3,(H,24,26)/b9-6+. The molecule has 7 nitrogen and oxygen atoms in total. The van der Waals surface area contributed by atoms with Crippen molar-refractivity contribution < 1.29 is 18.8 Å². The zero-order valence-electron chi connectivity index (χ0n) is 17.3. The van der Waals surface area contributed by atoms with E-state index >= 15 is 0 Å². The Morgan fingerprint density at radius 2 is 2.07 bits per heavy atom. The van der Waals surface area contributed by atoms with E-state index in [9.17, 15) is 4.79 Å². The second kappa shape index (κ2) is 9.98. The second-order valence-electron chi connectivity index (χ2n) is 6.41. The molecule has 0 fully saturated rings. The highest BCUT2D eigenvalue weighted by Crippen LogP contribution is 2.30. The average molecular weight is 426 g/mol. The summed E-state index contributed by atoms with van der Waals surface area (Å²) in [6.07, 6.45) is 6.75. The number of methoxy groups -OCH3 is 1. The molecule has 2 heterocycles. The molecule has 1 aromatic carbocycles. The van der Waals surface area contributed by atoms with Crippen molar-refractivity contribution in [2.24, 2.45) is 0 Å². The molecule has 8 heteroatoms. The predicted octanol–water partition coefficient (Wildman–Crippen LogP) is 4.65. The maximum absolute atomic E-state index is 12.2. The highest BCUT2D eigenvalue weighted by atomic mass is 32.2. The van der Waals surface area contributed by atoms with E-state index in [1.807, 2.05) is 38.3 Å². The molecule has 3 aromatic rings. The summed E-state index contributed by atoms with van der Waals surface area (Å²) >= 11 is 1.54. The Morgan fingerprint density at radius 3 is 2.70 bits per heavy atom. The monoisotopic (exact) mass is 425 g/mol. The molecule has 0 unspecified atom stereocenters. The van der Waals surface area contributed by atoms with E-state index in [4.69, 9.17) is 14.0 Å². The number of nitrogens with zero attached hydrogens (tertiary/aromatic N) is 2. The normalized spacial score (nSPS) is 10.9. The van der Waals surface area contributed by atoms with Gasteiger partial charge in [0.05, 0.1) is 35.3 Å². The Kier molecular flexibility index (Phi) is 7.13. The van der Waals surface area contributed by atoms with Gasteiger partial charge in [0.1, 0.15) is 12.4 Å². The minimum Gasteiger partial charge on any atom is -0.493 e. The van der Waals surface area contributed by atoms with Gasteiger partial charge in [0.25, 0.3) is 0 Å². The number of ether oxygens (including phenoxy) is 2. The van der Waals surface area contributed by atoms with Crippen molar-refractivity contribution in [1.29, 1.82) is 0 Å². The summed E-state index contributed by atoms with van der Waals surface area (Å²) in [6, 6.07) is 9.14. The van der Waals surface area contributed by atoms with Crippen LogP contribution in [0, 0.1) is 13.8 Å². The van der Waals surface area contributed by atoms with Crippen LogP contribution in [0.4, 0.5) is 5.69 Å². The van der Waals surface area contributed by atoms with Gasteiger partial charge in [-0.15, -0.1) is 11.8 Å². The fraction of sp³-hybridized carbons (Fsp3) is 0.227. The van der Waals surface area contributed by atoms with Crippen LogP contribution in [0.1, 0.15) is 22.6 Å². The zero-order valence-corrected chi connectivity index (χ0v) is 18.1. The number of aryl methyl sites for hydroxylation is 2. The number of benzene rings is 1. The Balaban J connectivity index is 1.63. The predicted molar refractivity (Wildman–Crippen MR) is 117 cm³/mol. The van der Waals surface area contributed by atoms with E-state index in [2.05, 4.69) is 15.5 Å². The summed E-state index contributed by atoms with van der Waals surface area (Å²) < 4.78 is 16.5. The Morgan fingerprint density at radius 1 is 1.23 bits per heavy atom. The molecular formula is C22H23N3O4S. The maximum Gasteiger partial charge on any atom is 0.248 e. The lowest BCUT2D eigenvalue weighted by Crippen LogP contribution is -2.07. The summed E-state index contributed by atoms with van der Waals surface area (Å²) in [5.41, 5.74) is 3.17. The van der Waals surface area contributed by atoms with Crippen LogP contribution in [0.25, 0.3) is 6.08 Å². The largest absolute Gasteiger partial charge is 0.493 e. The van der Waals surface area contributed by atoms with Crippen LogP contribution in [0.2, 0.25) is 0 Å². The fourth-order valence-electron chi connectivity index (χ4n) is 2.70. The number of carbonyl (C=O) groups is 1. The van der Waals surface area contributed by atoms with Crippen LogP contribution in [0.5, 0.6) is 11.5 Å². The van der Waals surface area contributed by atoms with Gasteiger partial charge in [-0.1, -0.05) is 11.2 Å². The van der Waals surface area contributed by atoms with Crippen LogP contribution in [0.15, 0.2) is 52.2 Å². The van der Waals surface area contributed by atoms with E-state index in [0.29, 0.717) is 23.8 Å². The van der Waals surface area contributed by atoms with Gasteiger partial charge < -0.3 is 19.3 Å². The SMILES string of the molecule is COc1cc(/C=C/C(=O)Nc2ccc(SC)nc2)ccc1OCc1c(C)noc1C. The maximum atomic E-state index is 12.2. The number of hydrogen-bond donors (Lipinski definition) is 1. The topological polar surface area (TPSA) is 86.5 Å². The van der Waals surface area contributed by atoms with Gasteiger partial charge in [0.15, 0.2) is 11.5 Å². The number of carbonyl (C=O) groups excluding carboxylic acids is 1. The van der Waals surface area contributed by atoms with E-state index in [1.165, 1.54) is 6.08 Å². The number of nitrogens with one attached hydrogen (secondary N) is 1. The van der Waals surface area contributed by atoms with Gasteiger partial charge in [-0.3, -0.25) is 4.79 Å². The third-order valence-corrected chi connectivity index (χ3v) is 5.04. The van der Waals surface area contributed by atoms with Gasteiger partial charge >= 0.3 is 0 Å². The van der Waals surface area contributed by atoms with Crippen molar-refractivity contribution in [2.45, 2.75) is 25.5 Å². The number of aromatic nitrogens is 2. The van der Waals surface area contributed by atoms with Crippen LogP contribution < -0.4 is 14.8 Å². The first-order valence-electron chi connectivity index (χ1n) is 9.22. The number of hydrogen-bond acceptors (Lipinski definition) is 7. The highest BCUT2D eigenvalue weighted by Gasteiger charge is 2.12. The summed E-state index contributed by atoms with van der Waals surface area (Å²) in [5, 5.41) is 7.60. The first-order chi connectivity index (χ1) is 14.5. The molecule has 0 radical (unpaired) electrons. The van der Waals surface area contributed by atoms with Crippen molar-refractivity contribution in [1.82, 2.24) is 10.1 Å². The Labute approximate surface area is 179 Å². The molecule has 0 bridgehead atoms. The number of amides is 1. The molecule has 0 aliphatic carbocycles. The van der Waals surface area contributed by atoms with E-state index in [1.54, 1.807) is 43.3 Å². The van der Waals surface area contributed by atoms with E-state index in [0.717, 1.165) is 27.6 Å². The number of thioether (sulfide) groups is 1. The van der Waals surface area contributed by atoms with Crippen molar-refractivity contribution in [2.75, 3.05) is 18.7 Å². The first-order valence-corrected chi connectivity index (χ1v) is 10.4. The van der Waals surface area contributed by atoms with Crippen LogP contribution >= 0.6 is 11.8 Å². The molecule has 0 saturated heterocycles. The average Bonchev–Trinajstić information content (AvgIpc) is 3.08. The van der Waals surface area contributed by atoms with E-state index < -0.39 is 0 Å². The lowest BCUT2D eigenvalue weighted by atomic mass is 10.2. The Hall–Kier alpha value is -3.26. The summed E-state index contributed by atoms with van der Waals surface area (Å²) in [7, 11) is 1.57. The molecule has 1 amide bonds. The van der Waals surface area contributed by atoms with Crippen molar-refractivity contribution in [3.63, 3.8) is 0 Å². The third kappa shape index (κ3) is 5.42. The molecule has 0 aliphatic rings. The lowest BCUT2D eigenvalue weighted by molar-refractivity contribution is -0.111. The fourth-order valence-corrected chi connectivity index (χ4v) is 3.06. The van der Waals surface area contributed by atoms with Crippen LogP contribution in [0.3, 0.4) is 0 Å². The van der Waals surface area contributed by atoms with Crippen LogP contribution in [-0.2, 0) is 11.4 Å². The molecule has 30 heavy (non-hydrogen) atoms. The summed E-state index contributed by atoms with van der Waals surface area (Å²) in [5.74, 6) is 1.65.